The van der Waals surface area contributed by atoms with Crippen molar-refractivity contribution < 1.29 is 42.5 Å². The van der Waals surface area contributed by atoms with Gasteiger partial charge in [-0.05, 0) is 92.3 Å². The minimum Gasteiger partial charge on any atom is -0.423 e. The molecule has 0 fully saturated rings. The van der Waals surface area contributed by atoms with Gasteiger partial charge < -0.3 is 18.9 Å². The van der Waals surface area contributed by atoms with Gasteiger partial charge in [0.05, 0.1) is 0 Å². The lowest BCUT2D eigenvalue weighted by Crippen LogP contribution is -2.05. The van der Waals surface area contributed by atoms with E-state index in [-0.39, 0.29) is 23.0 Å². The van der Waals surface area contributed by atoms with Gasteiger partial charge in [-0.1, -0.05) is 80.9 Å². The number of ether oxygens (including phenoxy) is 4. The average Bonchev–Trinajstić information content (AvgIpc) is 3.17. The van der Waals surface area contributed by atoms with Crippen LogP contribution in [-0.2, 0) is 19.2 Å². The summed E-state index contributed by atoms with van der Waals surface area (Å²) in [5.74, 6) is -2.23. The van der Waals surface area contributed by atoms with E-state index in [1.807, 2.05) is 18.2 Å². The third-order valence-electron chi connectivity index (χ3n) is 8.19. The molecule has 6 aromatic carbocycles. The van der Waals surface area contributed by atoms with Crippen LogP contribution in [0.3, 0.4) is 0 Å². The minimum absolute atomic E-state index is 0.158. The number of carbonyl (C=O) groups excluding carboxylic acids is 4. The van der Waals surface area contributed by atoms with Crippen molar-refractivity contribution in [3.8, 4) is 56.4 Å². The highest BCUT2D eigenvalue weighted by atomic mass is 19.1. The van der Waals surface area contributed by atoms with E-state index in [1.165, 1.54) is 12.1 Å². The first kappa shape index (κ1) is 35.4. The molecule has 9 heteroatoms. The molecule has 0 spiro atoms. The zero-order chi connectivity index (χ0) is 37.6. The fourth-order valence-corrected chi connectivity index (χ4v) is 5.94. The van der Waals surface area contributed by atoms with E-state index in [0.29, 0.717) is 54.9 Å². The summed E-state index contributed by atoms with van der Waals surface area (Å²) in [6.07, 6.45) is 4.18. The van der Waals surface area contributed by atoms with Gasteiger partial charge in [0.1, 0.15) is 28.8 Å². The summed E-state index contributed by atoms with van der Waals surface area (Å²) in [5.41, 5.74) is 3.34. The predicted octanol–water partition coefficient (Wildman–Crippen LogP) is 9.50. The Bertz CT molecular complexity index is 2500. The van der Waals surface area contributed by atoms with Crippen molar-refractivity contribution in [1.82, 2.24) is 0 Å². The molecule has 6 aromatic rings. The lowest BCUT2D eigenvalue weighted by atomic mass is 9.88. The number of fused-ring (bicyclic) bond motifs is 2. The van der Waals surface area contributed by atoms with Crippen LogP contribution in [0, 0.1) is 5.82 Å². The summed E-state index contributed by atoms with van der Waals surface area (Å²) in [5, 5.41) is 2.44. The van der Waals surface area contributed by atoms with E-state index < -0.39 is 29.7 Å². The Kier molecular flexibility index (Phi) is 10.2. The van der Waals surface area contributed by atoms with Gasteiger partial charge in [0.2, 0.25) is 0 Å². The zero-order valence-corrected chi connectivity index (χ0v) is 28.1. The number of hydrogen-bond acceptors (Lipinski definition) is 8. The molecule has 0 aliphatic rings. The van der Waals surface area contributed by atoms with Gasteiger partial charge in [-0.25, -0.2) is 23.6 Å². The van der Waals surface area contributed by atoms with Gasteiger partial charge >= 0.3 is 23.9 Å². The first-order valence-electron chi connectivity index (χ1n) is 16.0. The molecule has 6 rings (SSSR count). The molecule has 0 N–H and O–H groups in total. The quantitative estimate of drug-likeness (QED) is 0.0746. The molecular formula is C44H29FO8. The van der Waals surface area contributed by atoms with Crippen molar-refractivity contribution in [2.75, 3.05) is 0 Å². The van der Waals surface area contributed by atoms with Crippen LogP contribution >= 0.6 is 0 Å². The molecule has 0 heterocycles. The van der Waals surface area contributed by atoms with Crippen LogP contribution in [0.25, 0.3) is 54.9 Å². The molecule has 0 aliphatic heterocycles. The molecule has 0 radical (unpaired) electrons. The number of carbonyl (C=O) groups is 4. The number of benzene rings is 6. The Morgan fingerprint density at radius 3 is 1.36 bits per heavy atom. The molecular weight excluding hydrogens is 675 g/mol. The van der Waals surface area contributed by atoms with Crippen LogP contribution in [0.1, 0.15) is 0 Å². The maximum Gasteiger partial charge on any atom is 0.335 e. The fourth-order valence-electron chi connectivity index (χ4n) is 5.94. The molecule has 0 saturated carbocycles. The van der Waals surface area contributed by atoms with Crippen molar-refractivity contribution in [2.24, 2.45) is 0 Å². The summed E-state index contributed by atoms with van der Waals surface area (Å²) in [6, 6.07) is 28.2. The van der Waals surface area contributed by atoms with Crippen molar-refractivity contribution in [1.29, 1.82) is 0 Å². The van der Waals surface area contributed by atoms with E-state index in [9.17, 15) is 19.2 Å². The summed E-state index contributed by atoms with van der Waals surface area (Å²) in [4.78, 5) is 48.4. The monoisotopic (exact) mass is 704 g/mol. The Labute approximate surface area is 303 Å². The van der Waals surface area contributed by atoms with Crippen molar-refractivity contribution in [2.45, 2.75) is 0 Å². The summed E-state index contributed by atoms with van der Waals surface area (Å²) in [7, 11) is 0. The Hall–Kier alpha value is -7.39. The molecule has 0 amide bonds. The van der Waals surface area contributed by atoms with Crippen LogP contribution in [0.2, 0.25) is 0 Å². The van der Waals surface area contributed by atoms with E-state index in [2.05, 4.69) is 26.3 Å². The third-order valence-corrected chi connectivity index (χ3v) is 8.19. The summed E-state index contributed by atoms with van der Waals surface area (Å²) < 4.78 is 37.6. The smallest absolute Gasteiger partial charge is 0.335 e. The van der Waals surface area contributed by atoms with E-state index in [0.717, 1.165) is 24.3 Å². The highest BCUT2D eigenvalue weighted by Gasteiger charge is 2.21. The average molecular weight is 705 g/mol. The third kappa shape index (κ3) is 7.40. The number of rotatable bonds is 11. The summed E-state index contributed by atoms with van der Waals surface area (Å²) >= 11 is 0. The maximum atomic E-state index is 15.8. The van der Waals surface area contributed by atoms with Gasteiger partial charge in [-0.2, -0.15) is 0 Å². The van der Waals surface area contributed by atoms with Crippen molar-refractivity contribution in [3.05, 3.63) is 160 Å². The minimum atomic E-state index is -0.708. The molecule has 0 unspecified atom stereocenters. The topological polar surface area (TPSA) is 105 Å². The SMILES string of the molecule is C=CC(=O)Oc1ccc(-c2c(OC(=O)C=C)ccc3c(-c4cc(F)cc5c(-c6ccc(OC(=O)C=C)cc6)c(OC(=O)C=C)ccc45)cccc23)cc1. The van der Waals surface area contributed by atoms with Crippen LogP contribution in [-0.4, -0.2) is 23.9 Å². The molecule has 0 atom stereocenters. The van der Waals surface area contributed by atoms with E-state index in [4.69, 9.17) is 18.9 Å². The van der Waals surface area contributed by atoms with Gasteiger partial charge in [0, 0.05) is 35.4 Å². The molecule has 8 nitrogen and oxygen atoms in total. The summed E-state index contributed by atoms with van der Waals surface area (Å²) in [6.45, 7) is 13.8. The Balaban J connectivity index is 1.58. The van der Waals surface area contributed by atoms with Crippen LogP contribution in [0.4, 0.5) is 4.39 Å². The normalized spacial score (nSPS) is 10.6. The standard InChI is InChI=1S/C44H29FO8/c1-5-39(46)50-29-16-12-26(13-17-29)43-34-11-9-10-31(32(34)20-22-37(43)52-41(48)7-3)35-24-28(45)25-36-33(35)21-23-38(53-42(49)8-4)44(36)27-14-18-30(19-15-27)51-40(47)6-2/h5-25H,1-4H2. The second-order valence-electron chi connectivity index (χ2n) is 11.4. The Morgan fingerprint density at radius 2 is 0.887 bits per heavy atom. The van der Waals surface area contributed by atoms with Crippen molar-refractivity contribution >= 4 is 45.4 Å². The molecule has 0 bridgehead atoms. The highest BCUT2D eigenvalue weighted by molar-refractivity contribution is 6.13. The lowest BCUT2D eigenvalue weighted by molar-refractivity contribution is -0.129. The molecule has 0 aliphatic carbocycles. The van der Waals surface area contributed by atoms with Gasteiger partial charge in [-0.15, -0.1) is 0 Å². The Morgan fingerprint density at radius 1 is 0.453 bits per heavy atom. The number of hydrogen-bond donors (Lipinski definition) is 0. The predicted molar refractivity (Wildman–Crippen MR) is 201 cm³/mol. The van der Waals surface area contributed by atoms with Crippen LogP contribution < -0.4 is 18.9 Å². The van der Waals surface area contributed by atoms with Crippen LogP contribution in [0.5, 0.6) is 23.0 Å². The first-order valence-corrected chi connectivity index (χ1v) is 16.0. The highest BCUT2D eigenvalue weighted by Crippen LogP contribution is 2.45. The fraction of sp³-hybridized carbons (Fsp3) is 0. The first-order chi connectivity index (χ1) is 25.6. The largest absolute Gasteiger partial charge is 0.423 e. The molecule has 0 saturated heterocycles. The molecule has 0 aromatic heterocycles. The maximum absolute atomic E-state index is 15.8. The van der Waals surface area contributed by atoms with E-state index in [1.54, 1.807) is 72.8 Å². The van der Waals surface area contributed by atoms with Crippen LogP contribution in [0.15, 0.2) is 154 Å². The second kappa shape index (κ2) is 15.2. The lowest BCUT2D eigenvalue weighted by Gasteiger charge is -2.18. The number of halogens is 1. The van der Waals surface area contributed by atoms with Crippen molar-refractivity contribution in [3.63, 3.8) is 0 Å². The van der Waals surface area contributed by atoms with Gasteiger partial charge in [0.25, 0.3) is 0 Å². The van der Waals surface area contributed by atoms with Gasteiger partial charge in [0.15, 0.2) is 0 Å². The zero-order valence-electron chi connectivity index (χ0n) is 28.1. The van der Waals surface area contributed by atoms with Gasteiger partial charge in [-0.3, -0.25) is 0 Å². The molecule has 53 heavy (non-hydrogen) atoms. The second-order valence-corrected chi connectivity index (χ2v) is 11.4. The van der Waals surface area contributed by atoms with E-state index >= 15 is 4.39 Å². The molecule has 260 valence electrons. The number of esters is 4.